The number of hydrogen-bond acceptors (Lipinski definition) is 7. The van der Waals surface area contributed by atoms with E-state index in [9.17, 15) is 24.8 Å². The maximum Gasteiger partial charge on any atom is 0.295 e. The van der Waals surface area contributed by atoms with Gasteiger partial charge < -0.3 is 24.5 Å². The molecule has 1 unspecified atom stereocenters. The molecule has 0 bridgehead atoms. The topological polar surface area (TPSA) is 135 Å². The lowest BCUT2D eigenvalue weighted by Crippen LogP contribution is -2.31. The van der Waals surface area contributed by atoms with E-state index >= 15 is 0 Å². The Bertz CT molecular complexity index is 1640. The highest BCUT2D eigenvalue weighted by molar-refractivity contribution is 6.46. The smallest absolute Gasteiger partial charge is 0.295 e. The number of carbonyl (C=O) groups excluding carboxylic acids is 2. The van der Waals surface area contributed by atoms with Gasteiger partial charge in [-0.05, 0) is 36.2 Å². The molecule has 39 heavy (non-hydrogen) atoms. The highest BCUT2D eigenvalue weighted by atomic mass is 16.6. The van der Waals surface area contributed by atoms with Gasteiger partial charge in [-0.15, -0.1) is 0 Å². The van der Waals surface area contributed by atoms with Crippen LogP contribution in [0, 0.1) is 10.1 Å². The Morgan fingerprint density at radius 3 is 2.59 bits per heavy atom. The van der Waals surface area contributed by atoms with Crippen molar-refractivity contribution in [2.24, 2.45) is 0 Å². The zero-order valence-corrected chi connectivity index (χ0v) is 21.2. The van der Waals surface area contributed by atoms with Crippen molar-refractivity contribution in [1.29, 1.82) is 0 Å². The molecule has 5 rings (SSSR count). The molecule has 0 saturated carbocycles. The summed E-state index contributed by atoms with van der Waals surface area (Å²) >= 11 is 0. The second kappa shape index (κ2) is 10.3. The normalized spacial score (nSPS) is 16.6. The molecule has 1 saturated heterocycles. The van der Waals surface area contributed by atoms with Crippen LogP contribution >= 0.6 is 0 Å². The number of carbonyl (C=O) groups is 2. The molecular weight excluding hydrogens is 502 g/mol. The molecule has 1 fully saturated rings. The number of nitrogens with one attached hydrogen (secondary N) is 1. The van der Waals surface area contributed by atoms with Crippen molar-refractivity contribution in [3.63, 3.8) is 0 Å². The lowest BCUT2D eigenvalue weighted by Gasteiger charge is -2.26. The molecule has 0 radical (unpaired) electrons. The van der Waals surface area contributed by atoms with E-state index in [0.29, 0.717) is 23.5 Å². The fourth-order valence-electron chi connectivity index (χ4n) is 4.98. The first-order valence-electron chi connectivity index (χ1n) is 12.1. The van der Waals surface area contributed by atoms with Gasteiger partial charge in [0.1, 0.15) is 17.3 Å². The molecule has 1 amide bonds. The summed E-state index contributed by atoms with van der Waals surface area (Å²) < 4.78 is 10.9. The summed E-state index contributed by atoms with van der Waals surface area (Å²) in [6.45, 7) is 0.156. The second-order valence-electron chi connectivity index (χ2n) is 9.02. The van der Waals surface area contributed by atoms with E-state index < -0.39 is 28.4 Å². The Kier molecular flexibility index (Phi) is 6.76. The first kappa shape index (κ1) is 25.5. The number of aromatic amines is 1. The van der Waals surface area contributed by atoms with Gasteiger partial charge in [0.2, 0.25) is 0 Å². The van der Waals surface area contributed by atoms with Crippen LogP contribution in [0.15, 0.2) is 78.5 Å². The average Bonchev–Trinajstić information content (AvgIpc) is 3.48. The Balaban J connectivity index is 1.60. The van der Waals surface area contributed by atoms with Crippen LogP contribution in [0.5, 0.6) is 11.5 Å². The number of non-ortho nitro benzene ring substituents is 1. The fraction of sp³-hybridized carbons (Fsp3) is 0.172. The molecule has 2 heterocycles. The van der Waals surface area contributed by atoms with E-state index in [1.54, 1.807) is 31.4 Å². The van der Waals surface area contributed by atoms with E-state index in [-0.39, 0.29) is 23.4 Å². The number of Topliss-reactive ketones (excluding diaryl/α,β-unsaturated/α-hetero) is 1. The highest BCUT2D eigenvalue weighted by Gasteiger charge is 2.47. The molecule has 0 aliphatic carbocycles. The summed E-state index contributed by atoms with van der Waals surface area (Å²) in [7, 11) is 3.06. The summed E-state index contributed by atoms with van der Waals surface area (Å²) in [6.07, 6.45) is 2.25. The van der Waals surface area contributed by atoms with Gasteiger partial charge >= 0.3 is 0 Å². The summed E-state index contributed by atoms with van der Waals surface area (Å²) in [6, 6.07) is 16.9. The molecule has 10 heteroatoms. The van der Waals surface area contributed by atoms with Crippen LogP contribution < -0.4 is 9.47 Å². The lowest BCUT2D eigenvalue weighted by atomic mass is 9.94. The van der Waals surface area contributed by atoms with Gasteiger partial charge in [-0.1, -0.05) is 30.3 Å². The predicted octanol–water partition coefficient (Wildman–Crippen LogP) is 4.76. The third kappa shape index (κ3) is 4.56. The molecular formula is C29H25N3O7. The minimum atomic E-state index is -0.972. The maximum atomic E-state index is 13.4. The minimum Gasteiger partial charge on any atom is -0.507 e. The first-order chi connectivity index (χ1) is 18.8. The van der Waals surface area contributed by atoms with Gasteiger partial charge in [-0.25, -0.2) is 0 Å². The number of likely N-dealkylation sites (tertiary alicyclic amines) is 1. The summed E-state index contributed by atoms with van der Waals surface area (Å²) in [5.41, 5.74) is 1.98. The number of para-hydroxylation sites is 1. The predicted molar refractivity (Wildman–Crippen MR) is 144 cm³/mol. The molecule has 1 aliphatic heterocycles. The molecule has 4 aromatic rings. The molecule has 1 atom stereocenters. The number of nitro benzene ring substituents is 1. The largest absolute Gasteiger partial charge is 0.507 e. The van der Waals surface area contributed by atoms with Crippen molar-refractivity contribution in [3.05, 3.63) is 105 Å². The standard InChI is InChI=1S/C29H25N3O7/c1-38-20-10-11-23-22(15-20)18(16-30-23)12-13-31-26(21-8-3-4-9-24(21)39-2)25(28(34)29(31)35)27(33)17-6-5-7-19(14-17)32(36)37/h3-11,14-16,26,30,33H,12-13H2,1-2H3/b27-25-. The van der Waals surface area contributed by atoms with Crippen LogP contribution in [-0.2, 0) is 16.0 Å². The van der Waals surface area contributed by atoms with Crippen molar-refractivity contribution in [2.45, 2.75) is 12.5 Å². The number of aromatic nitrogens is 1. The molecule has 0 spiro atoms. The molecule has 2 N–H and O–H groups in total. The second-order valence-corrected chi connectivity index (χ2v) is 9.02. The first-order valence-corrected chi connectivity index (χ1v) is 12.1. The number of nitro groups is 1. The van der Waals surface area contributed by atoms with Gasteiger partial charge in [0.25, 0.3) is 17.4 Å². The number of H-pyrrole nitrogens is 1. The SMILES string of the molecule is COc1ccc2[nH]cc(CCN3C(=O)C(=O)/C(=C(\O)c4cccc([N+](=O)[O-])c4)C3c3ccccc3OC)c2c1. The Hall–Kier alpha value is -5.12. The van der Waals surface area contributed by atoms with Crippen molar-refractivity contribution >= 4 is 34.0 Å². The number of ether oxygens (including phenoxy) is 2. The number of aliphatic hydroxyl groups is 1. The number of hydrogen-bond donors (Lipinski definition) is 2. The number of nitrogens with zero attached hydrogens (tertiary/aromatic N) is 2. The van der Waals surface area contributed by atoms with Gasteiger partial charge in [-0.3, -0.25) is 19.7 Å². The number of amides is 1. The molecule has 1 aliphatic rings. The summed E-state index contributed by atoms with van der Waals surface area (Å²) in [5.74, 6) is -1.04. The van der Waals surface area contributed by atoms with E-state index in [1.165, 1.54) is 36.3 Å². The number of ketones is 1. The molecule has 1 aromatic heterocycles. The Morgan fingerprint density at radius 2 is 1.85 bits per heavy atom. The van der Waals surface area contributed by atoms with Crippen molar-refractivity contribution in [3.8, 4) is 11.5 Å². The third-order valence-corrected chi connectivity index (χ3v) is 6.90. The van der Waals surface area contributed by atoms with E-state index in [0.717, 1.165) is 16.5 Å². The van der Waals surface area contributed by atoms with E-state index in [2.05, 4.69) is 4.98 Å². The van der Waals surface area contributed by atoms with Gasteiger partial charge in [0, 0.05) is 46.9 Å². The van der Waals surface area contributed by atoms with Crippen LogP contribution in [0.3, 0.4) is 0 Å². The number of methoxy groups -OCH3 is 2. The zero-order chi connectivity index (χ0) is 27.7. The summed E-state index contributed by atoms with van der Waals surface area (Å²) in [5, 5.41) is 23.5. The molecule has 3 aromatic carbocycles. The number of fused-ring (bicyclic) bond motifs is 1. The quantitative estimate of drug-likeness (QED) is 0.111. The van der Waals surface area contributed by atoms with Crippen LogP contribution in [0.25, 0.3) is 16.7 Å². The number of rotatable bonds is 8. The van der Waals surface area contributed by atoms with Crippen LogP contribution in [-0.4, -0.2) is 52.4 Å². The highest BCUT2D eigenvalue weighted by Crippen LogP contribution is 2.43. The van der Waals surface area contributed by atoms with Crippen molar-refractivity contribution in [2.75, 3.05) is 20.8 Å². The van der Waals surface area contributed by atoms with Gasteiger partial charge in [0.15, 0.2) is 0 Å². The van der Waals surface area contributed by atoms with E-state index in [4.69, 9.17) is 9.47 Å². The van der Waals surface area contributed by atoms with Crippen molar-refractivity contribution < 1.29 is 29.1 Å². The number of benzene rings is 3. The molecule has 10 nitrogen and oxygen atoms in total. The zero-order valence-electron chi connectivity index (χ0n) is 21.2. The van der Waals surface area contributed by atoms with E-state index in [1.807, 2.05) is 24.4 Å². The maximum absolute atomic E-state index is 13.4. The Morgan fingerprint density at radius 1 is 1.05 bits per heavy atom. The number of aliphatic hydroxyl groups excluding tert-OH is 1. The van der Waals surface area contributed by atoms with Crippen LogP contribution in [0.4, 0.5) is 5.69 Å². The summed E-state index contributed by atoms with van der Waals surface area (Å²) in [4.78, 5) is 42.1. The van der Waals surface area contributed by atoms with Gasteiger partial charge in [0.05, 0.1) is 30.8 Å². The molecule has 198 valence electrons. The monoisotopic (exact) mass is 527 g/mol. The Labute approximate surface area is 223 Å². The average molecular weight is 528 g/mol. The van der Waals surface area contributed by atoms with Crippen LogP contribution in [0.1, 0.15) is 22.7 Å². The van der Waals surface area contributed by atoms with Crippen LogP contribution in [0.2, 0.25) is 0 Å². The fourth-order valence-corrected chi connectivity index (χ4v) is 4.98. The minimum absolute atomic E-state index is 0.0609. The van der Waals surface area contributed by atoms with Crippen molar-refractivity contribution in [1.82, 2.24) is 9.88 Å². The van der Waals surface area contributed by atoms with Gasteiger partial charge in [-0.2, -0.15) is 0 Å². The third-order valence-electron chi connectivity index (χ3n) is 6.90. The lowest BCUT2D eigenvalue weighted by molar-refractivity contribution is -0.384.